The second-order valence-corrected chi connectivity index (χ2v) is 19.3. The molecule has 0 N–H and O–H groups in total. The molecule has 0 aromatic heterocycles. The molecule has 0 radical (unpaired) electrons. The van der Waals surface area contributed by atoms with Gasteiger partial charge in [-0.05, 0) is 48.3 Å². The lowest BCUT2D eigenvalue weighted by Gasteiger charge is -2.18. The zero-order chi connectivity index (χ0) is 40.9. The molecule has 0 aromatic carbocycles. The summed E-state index contributed by atoms with van der Waals surface area (Å²) in [7, 11) is 0. The van der Waals surface area contributed by atoms with Gasteiger partial charge >= 0.3 is 0 Å². The minimum absolute atomic E-state index is 0.804. The van der Waals surface area contributed by atoms with Crippen LogP contribution in [0.2, 0.25) is 0 Å². The van der Waals surface area contributed by atoms with Crippen LogP contribution in [0.3, 0.4) is 0 Å². The summed E-state index contributed by atoms with van der Waals surface area (Å²) < 4.78 is 0. The van der Waals surface area contributed by atoms with E-state index in [4.69, 9.17) is 0 Å². The van der Waals surface area contributed by atoms with E-state index in [0.717, 1.165) is 35.5 Å². The van der Waals surface area contributed by atoms with Crippen molar-refractivity contribution in [1.82, 2.24) is 0 Å². The summed E-state index contributed by atoms with van der Waals surface area (Å²) in [5.41, 5.74) is 0. The van der Waals surface area contributed by atoms with Crippen LogP contribution in [0.15, 0.2) is 12.2 Å². The first-order valence-electron chi connectivity index (χ1n) is 25.8. The summed E-state index contributed by atoms with van der Waals surface area (Å²) in [5.74, 6) is 5.59. The standard InChI is InChI=1S/C20H40.C18H38.C16H34/c1-5-7-9-11-16-20(17-12-10-8-6-2)18-14-13-15-19(3)4;1-5-7-9-11-13-18(16-15-17(3)4)14-12-10-8-6-2;1-5-7-9-11-16(12-10-8-6-2)14-13-15(3)4/h13-14,19-20H,5-12,15-18H2,1-4H3;17-18H,5-16H2,1-4H3;15-16H,5-14H2,1-4H3/b14-13-;;. The summed E-state index contributed by atoms with van der Waals surface area (Å²) in [6.45, 7) is 27.9. The highest BCUT2D eigenvalue weighted by atomic mass is 14.2. The molecule has 0 heteroatoms. The van der Waals surface area contributed by atoms with Gasteiger partial charge in [-0.25, -0.2) is 0 Å². The molecule has 0 rings (SSSR count). The van der Waals surface area contributed by atoms with Crippen molar-refractivity contribution in [2.45, 2.75) is 301 Å². The van der Waals surface area contributed by atoms with E-state index in [0.29, 0.717) is 0 Å². The van der Waals surface area contributed by atoms with Crippen LogP contribution >= 0.6 is 0 Å². The van der Waals surface area contributed by atoms with E-state index in [1.165, 1.54) is 218 Å². The zero-order valence-electron chi connectivity index (χ0n) is 40.7. The molecule has 328 valence electrons. The van der Waals surface area contributed by atoms with Gasteiger partial charge in [-0.1, -0.05) is 301 Å². The molecule has 0 aliphatic carbocycles. The maximum absolute atomic E-state index is 2.46. The zero-order valence-corrected chi connectivity index (χ0v) is 40.7. The summed E-state index contributed by atoms with van der Waals surface area (Å²) in [4.78, 5) is 0. The molecule has 0 saturated carbocycles. The lowest BCUT2D eigenvalue weighted by molar-refractivity contribution is 0.353. The van der Waals surface area contributed by atoms with Gasteiger partial charge in [0.15, 0.2) is 0 Å². The number of allylic oxidation sites excluding steroid dienone is 2. The molecule has 0 unspecified atom stereocenters. The van der Waals surface area contributed by atoms with Gasteiger partial charge in [-0.3, -0.25) is 0 Å². The van der Waals surface area contributed by atoms with Crippen molar-refractivity contribution < 1.29 is 0 Å². The molecule has 0 bridgehead atoms. The number of unbranched alkanes of at least 4 members (excludes halogenated alkanes) is 16. The van der Waals surface area contributed by atoms with Crippen LogP contribution in [-0.4, -0.2) is 0 Å². The third kappa shape index (κ3) is 51.7. The van der Waals surface area contributed by atoms with Crippen molar-refractivity contribution in [3.05, 3.63) is 12.2 Å². The van der Waals surface area contributed by atoms with Gasteiger partial charge in [-0.15, -0.1) is 0 Å². The predicted octanol–water partition coefficient (Wildman–Crippen LogP) is 20.7. The van der Waals surface area contributed by atoms with E-state index in [1.54, 1.807) is 0 Å². The average Bonchev–Trinajstić information content (AvgIpc) is 3.14. The largest absolute Gasteiger partial charge is 0.0883 e. The molecule has 0 atom stereocenters. The van der Waals surface area contributed by atoms with Crippen LogP contribution in [0.25, 0.3) is 0 Å². The van der Waals surface area contributed by atoms with Crippen LogP contribution < -0.4 is 0 Å². The third-order valence-corrected chi connectivity index (χ3v) is 11.8. The second-order valence-electron chi connectivity index (χ2n) is 19.3. The molecule has 0 saturated heterocycles. The number of hydrogen-bond acceptors (Lipinski definition) is 0. The Kier molecular flexibility index (Phi) is 52.6. The van der Waals surface area contributed by atoms with Crippen LogP contribution in [0.5, 0.6) is 0 Å². The van der Waals surface area contributed by atoms with Gasteiger partial charge in [0.25, 0.3) is 0 Å². The lowest BCUT2D eigenvalue weighted by atomic mass is 9.88. The third-order valence-electron chi connectivity index (χ3n) is 11.8. The lowest BCUT2D eigenvalue weighted by Crippen LogP contribution is -2.03. The Bertz CT molecular complexity index is 621. The fourth-order valence-corrected chi connectivity index (χ4v) is 7.85. The minimum Gasteiger partial charge on any atom is -0.0883 e. The van der Waals surface area contributed by atoms with Gasteiger partial charge in [0.05, 0.1) is 0 Å². The fourth-order valence-electron chi connectivity index (χ4n) is 7.85. The van der Waals surface area contributed by atoms with Crippen molar-refractivity contribution in [2.24, 2.45) is 35.5 Å². The van der Waals surface area contributed by atoms with E-state index in [9.17, 15) is 0 Å². The Morgan fingerprint density at radius 2 is 0.500 bits per heavy atom. The second kappa shape index (κ2) is 48.9. The Morgan fingerprint density at radius 1 is 0.241 bits per heavy atom. The normalized spacial score (nSPS) is 11.8. The van der Waals surface area contributed by atoms with Gasteiger partial charge in [-0.2, -0.15) is 0 Å². The fraction of sp³-hybridized carbons (Fsp3) is 0.963. The maximum atomic E-state index is 2.46. The van der Waals surface area contributed by atoms with E-state index in [2.05, 4.69) is 95.2 Å². The van der Waals surface area contributed by atoms with Gasteiger partial charge in [0.2, 0.25) is 0 Å². The highest BCUT2D eigenvalue weighted by Gasteiger charge is 2.11. The molecular weight excluding hydrogens is 649 g/mol. The summed E-state index contributed by atoms with van der Waals surface area (Å²) in [6, 6.07) is 0. The first kappa shape index (κ1) is 58.1. The quantitative estimate of drug-likeness (QED) is 0.0434. The summed E-state index contributed by atoms with van der Waals surface area (Å²) in [6.07, 6.45) is 53.5. The van der Waals surface area contributed by atoms with Gasteiger partial charge in [0.1, 0.15) is 0 Å². The van der Waals surface area contributed by atoms with Crippen molar-refractivity contribution in [3.8, 4) is 0 Å². The highest BCUT2D eigenvalue weighted by Crippen LogP contribution is 2.26. The SMILES string of the molecule is CCCCCC(CCCCC)CCC(C)C.CCCCCCC(C/C=C\CC(C)C)CCCCCC.CCCCCCC(CCCCCC)CCC(C)C. The molecule has 0 nitrogen and oxygen atoms in total. The first-order chi connectivity index (χ1) is 26.1. The smallest absolute Gasteiger partial charge is 0.0322 e. The molecule has 54 heavy (non-hydrogen) atoms. The molecule has 0 aliphatic rings. The van der Waals surface area contributed by atoms with E-state index in [1.807, 2.05) is 0 Å². The van der Waals surface area contributed by atoms with Crippen molar-refractivity contribution >= 4 is 0 Å². The van der Waals surface area contributed by atoms with Gasteiger partial charge in [0, 0.05) is 0 Å². The van der Waals surface area contributed by atoms with Crippen molar-refractivity contribution in [3.63, 3.8) is 0 Å². The Morgan fingerprint density at radius 3 is 0.778 bits per heavy atom. The topological polar surface area (TPSA) is 0 Å². The van der Waals surface area contributed by atoms with Crippen LogP contribution in [0.1, 0.15) is 301 Å². The predicted molar refractivity (Wildman–Crippen MR) is 255 cm³/mol. The molecule has 0 heterocycles. The van der Waals surface area contributed by atoms with E-state index < -0.39 is 0 Å². The maximum Gasteiger partial charge on any atom is -0.0322 e. The Balaban J connectivity index is -0.000000727. The molecule has 0 aliphatic heterocycles. The van der Waals surface area contributed by atoms with Crippen LogP contribution in [0, 0.1) is 35.5 Å². The van der Waals surface area contributed by atoms with Crippen LogP contribution in [-0.2, 0) is 0 Å². The molecule has 0 spiro atoms. The van der Waals surface area contributed by atoms with E-state index in [-0.39, 0.29) is 0 Å². The monoisotopic (exact) mass is 761 g/mol. The van der Waals surface area contributed by atoms with Gasteiger partial charge < -0.3 is 0 Å². The molecular formula is C54H112. The Hall–Kier alpha value is -0.260. The summed E-state index contributed by atoms with van der Waals surface area (Å²) in [5, 5.41) is 0. The first-order valence-corrected chi connectivity index (χ1v) is 25.8. The Labute approximate surface area is 347 Å². The molecule has 0 aromatic rings. The van der Waals surface area contributed by atoms with Crippen molar-refractivity contribution in [2.75, 3.05) is 0 Å². The van der Waals surface area contributed by atoms with Crippen molar-refractivity contribution in [1.29, 1.82) is 0 Å². The summed E-state index contributed by atoms with van der Waals surface area (Å²) >= 11 is 0. The number of hydrogen-bond donors (Lipinski definition) is 0. The minimum atomic E-state index is 0.804. The average molecular weight is 761 g/mol. The number of rotatable bonds is 38. The molecule has 0 fully saturated rings. The highest BCUT2D eigenvalue weighted by molar-refractivity contribution is 4.85. The van der Waals surface area contributed by atoms with E-state index >= 15 is 0 Å². The van der Waals surface area contributed by atoms with Crippen LogP contribution in [0.4, 0.5) is 0 Å². The molecule has 0 amide bonds.